The SMILES string of the molecule is CC(OC(=O)c1ccc(N2CCCC2=O)cc1)C(=O)Nc1ccccc1C(F)(F)F. The minimum Gasteiger partial charge on any atom is -0.449 e. The number of alkyl halides is 3. The lowest BCUT2D eigenvalue weighted by Crippen LogP contribution is -2.30. The lowest BCUT2D eigenvalue weighted by molar-refractivity contribution is -0.137. The topological polar surface area (TPSA) is 75.7 Å². The summed E-state index contributed by atoms with van der Waals surface area (Å²) in [6.45, 7) is 1.87. The quantitative estimate of drug-likeness (QED) is 0.742. The fourth-order valence-corrected chi connectivity index (χ4v) is 3.05. The number of anilines is 2. The molecule has 2 amide bonds. The third-order valence-electron chi connectivity index (χ3n) is 4.63. The smallest absolute Gasteiger partial charge is 0.418 e. The Morgan fingerprint density at radius 1 is 1.10 bits per heavy atom. The summed E-state index contributed by atoms with van der Waals surface area (Å²) < 4.78 is 44.2. The van der Waals surface area contributed by atoms with Crippen LogP contribution >= 0.6 is 0 Å². The molecule has 1 fully saturated rings. The average molecular weight is 420 g/mol. The molecular formula is C21H19F3N2O4. The zero-order chi connectivity index (χ0) is 21.9. The van der Waals surface area contributed by atoms with Gasteiger partial charge in [0.15, 0.2) is 6.10 Å². The summed E-state index contributed by atoms with van der Waals surface area (Å²) in [7, 11) is 0. The van der Waals surface area contributed by atoms with E-state index in [1.807, 2.05) is 0 Å². The molecule has 30 heavy (non-hydrogen) atoms. The molecule has 6 nitrogen and oxygen atoms in total. The Hall–Kier alpha value is -3.36. The fraction of sp³-hybridized carbons (Fsp3) is 0.286. The minimum atomic E-state index is -4.64. The van der Waals surface area contributed by atoms with Crippen molar-refractivity contribution in [1.82, 2.24) is 0 Å². The van der Waals surface area contributed by atoms with Crippen LogP contribution in [0.5, 0.6) is 0 Å². The van der Waals surface area contributed by atoms with Gasteiger partial charge in [-0.25, -0.2) is 4.79 Å². The molecular weight excluding hydrogens is 401 g/mol. The number of carbonyl (C=O) groups excluding carboxylic acids is 3. The molecule has 158 valence electrons. The normalized spacial score (nSPS) is 15.1. The summed E-state index contributed by atoms with van der Waals surface area (Å²) >= 11 is 0. The summed E-state index contributed by atoms with van der Waals surface area (Å²) in [6, 6.07) is 10.7. The van der Waals surface area contributed by atoms with Crippen molar-refractivity contribution in [2.45, 2.75) is 32.0 Å². The summed E-state index contributed by atoms with van der Waals surface area (Å²) in [5, 5.41) is 2.14. The highest BCUT2D eigenvalue weighted by Crippen LogP contribution is 2.34. The van der Waals surface area contributed by atoms with E-state index in [2.05, 4.69) is 5.32 Å². The monoisotopic (exact) mass is 420 g/mol. The zero-order valence-corrected chi connectivity index (χ0v) is 16.0. The van der Waals surface area contributed by atoms with E-state index in [0.29, 0.717) is 18.7 Å². The van der Waals surface area contributed by atoms with Crippen LogP contribution in [0.15, 0.2) is 48.5 Å². The number of rotatable bonds is 5. The van der Waals surface area contributed by atoms with E-state index in [0.717, 1.165) is 18.6 Å². The van der Waals surface area contributed by atoms with Gasteiger partial charge >= 0.3 is 12.1 Å². The van der Waals surface area contributed by atoms with Gasteiger partial charge in [0.1, 0.15) is 0 Å². The van der Waals surface area contributed by atoms with Crippen LogP contribution < -0.4 is 10.2 Å². The lowest BCUT2D eigenvalue weighted by Gasteiger charge is -2.17. The number of ether oxygens (including phenoxy) is 1. The second kappa shape index (κ2) is 8.56. The first-order valence-electron chi connectivity index (χ1n) is 9.25. The van der Waals surface area contributed by atoms with Gasteiger partial charge in [-0.1, -0.05) is 12.1 Å². The van der Waals surface area contributed by atoms with Crippen LogP contribution in [0.2, 0.25) is 0 Å². The Morgan fingerprint density at radius 2 is 1.77 bits per heavy atom. The van der Waals surface area contributed by atoms with Crippen molar-refractivity contribution >= 4 is 29.2 Å². The number of para-hydroxylation sites is 1. The van der Waals surface area contributed by atoms with Crippen molar-refractivity contribution in [2.75, 3.05) is 16.8 Å². The van der Waals surface area contributed by atoms with Crippen LogP contribution in [-0.2, 0) is 20.5 Å². The first-order chi connectivity index (χ1) is 14.2. The molecule has 0 aliphatic carbocycles. The lowest BCUT2D eigenvalue weighted by atomic mass is 10.1. The van der Waals surface area contributed by atoms with Gasteiger partial charge in [-0.3, -0.25) is 9.59 Å². The summed E-state index contributed by atoms with van der Waals surface area (Å²) in [5.41, 5.74) is -0.606. The number of hydrogen-bond donors (Lipinski definition) is 1. The van der Waals surface area contributed by atoms with Gasteiger partial charge in [-0.2, -0.15) is 13.2 Å². The number of esters is 1. The van der Waals surface area contributed by atoms with Gasteiger partial charge in [0, 0.05) is 18.7 Å². The molecule has 1 N–H and O–H groups in total. The Labute approximate surface area is 170 Å². The standard InChI is InChI=1S/C21H19F3N2O4/c1-13(19(28)25-17-6-3-2-5-16(17)21(22,23)24)30-20(29)14-8-10-15(11-9-14)26-12-4-7-18(26)27/h2-3,5-6,8-11,13H,4,7,12H2,1H3,(H,25,28). The number of halogens is 3. The van der Waals surface area contributed by atoms with Gasteiger partial charge in [-0.15, -0.1) is 0 Å². The molecule has 2 aromatic carbocycles. The fourth-order valence-electron chi connectivity index (χ4n) is 3.05. The van der Waals surface area contributed by atoms with Crippen LogP contribution in [0, 0.1) is 0 Å². The van der Waals surface area contributed by atoms with E-state index in [1.165, 1.54) is 31.2 Å². The molecule has 1 unspecified atom stereocenters. The van der Waals surface area contributed by atoms with Crippen LogP contribution in [0.4, 0.5) is 24.5 Å². The molecule has 0 saturated carbocycles. The maximum Gasteiger partial charge on any atom is 0.418 e. The molecule has 0 radical (unpaired) electrons. The van der Waals surface area contributed by atoms with Gasteiger partial charge < -0.3 is 15.0 Å². The van der Waals surface area contributed by atoms with Crippen LogP contribution in [0.25, 0.3) is 0 Å². The number of nitrogens with zero attached hydrogens (tertiary/aromatic N) is 1. The van der Waals surface area contributed by atoms with Crippen molar-refractivity contribution in [3.63, 3.8) is 0 Å². The van der Waals surface area contributed by atoms with Gasteiger partial charge in [0.05, 0.1) is 16.8 Å². The van der Waals surface area contributed by atoms with Crippen LogP contribution in [-0.4, -0.2) is 30.4 Å². The number of amides is 2. The number of hydrogen-bond acceptors (Lipinski definition) is 4. The summed E-state index contributed by atoms with van der Waals surface area (Å²) in [6.07, 6.45) is -4.71. The van der Waals surface area contributed by atoms with Crippen LogP contribution in [0.1, 0.15) is 35.7 Å². The number of benzene rings is 2. The maximum atomic E-state index is 13.0. The third-order valence-corrected chi connectivity index (χ3v) is 4.63. The largest absolute Gasteiger partial charge is 0.449 e. The van der Waals surface area contributed by atoms with Gasteiger partial charge in [0.2, 0.25) is 5.91 Å². The first kappa shape index (κ1) is 21.4. The predicted octanol–water partition coefficient (Wildman–Crippen LogP) is 4.02. The van der Waals surface area contributed by atoms with Crippen molar-refractivity contribution in [3.8, 4) is 0 Å². The van der Waals surface area contributed by atoms with E-state index in [9.17, 15) is 27.6 Å². The van der Waals surface area contributed by atoms with Gasteiger partial charge in [-0.05, 0) is 49.7 Å². The average Bonchev–Trinajstić information content (AvgIpc) is 3.13. The van der Waals surface area contributed by atoms with Crippen molar-refractivity contribution in [3.05, 3.63) is 59.7 Å². The molecule has 1 heterocycles. The second-order valence-electron chi connectivity index (χ2n) is 6.78. The number of nitrogens with one attached hydrogen (secondary N) is 1. The Balaban J connectivity index is 1.63. The van der Waals surface area contributed by atoms with Crippen molar-refractivity contribution in [1.29, 1.82) is 0 Å². The highest BCUT2D eigenvalue weighted by Gasteiger charge is 2.34. The highest BCUT2D eigenvalue weighted by atomic mass is 19.4. The van der Waals surface area contributed by atoms with Gasteiger partial charge in [0.25, 0.3) is 5.91 Å². The summed E-state index contributed by atoms with van der Waals surface area (Å²) in [4.78, 5) is 37.9. The Morgan fingerprint density at radius 3 is 2.37 bits per heavy atom. The molecule has 0 bridgehead atoms. The molecule has 0 spiro atoms. The van der Waals surface area contributed by atoms with E-state index in [4.69, 9.17) is 4.74 Å². The Bertz CT molecular complexity index is 957. The number of carbonyl (C=O) groups is 3. The van der Waals surface area contributed by atoms with Crippen molar-refractivity contribution < 1.29 is 32.3 Å². The van der Waals surface area contributed by atoms with Crippen molar-refractivity contribution in [2.24, 2.45) is 0 Å². The maximum absolute atomic E-state index is 13.0. The molecule has 2 aromatic rings. The molecule has 1 atom stereocenters. The molecule has 1 aliphatic rings. The third kappa shape index (κ3) is 4.79. The van der Waals surface area contributed by atoms with Crippen LogP contribution in [0.3, 0.4) is 0 Å². The van der Waals surface area contributed by atoms with E-state index in [-0.39, 0.29) is 11.5 Å². The Kier molecular flexibility index (Phi) is 6.09. The molecule has 0 aromatic heterocycles. The second-order valence-corrected chi connectivity index (χ2v) is 6.78. The minimum absolute atomic E-state index is 0.00904. The molecule has 1 aliphatic heterocycles. The summed E-state index contributed by atoms with van der Waals surface area (Å²) in [5.74, 6) is -1.69. The zero-order valence-electron chi connectivity index (χ0n) is 16.0. The molecule has 3 rings (SSSR count). The molecule has 1 saturated heterocycles. The first-order valence-corrected chi connectivity index (χ1v) is 9.25. The molecule has 9 heteroatoms. The van der Waals surface area contributed by atoms with E-state index >= 15 is 0 Å². The highest BCUT2D eigenvalue weighted by molar-refractivity contribution is 5.98. The van der Waals surface area contributed by atoms with E-state index in [1.54, 1.807) is 17.0 Å². The van der Waals surface area contributed by atoms with E-state index < -0.39 is 35.4 Å². The predicted molar refractivity (Wildman–Crippen MR) is 103 cm³/mol.